The van der Waals surface area contributed by atoms with Gasteiger partial charge in [0.05, 0.1) is 6.61 Å². The number of ketones is 1. The fraction of sp³-hybridized carbons (Fsp3) is 0.769. The van der Waals surface area contributed by atoms with Gasteiger partial charge in [0.1, 0.15) is 0 Å². The third kappa shape index (κ3) is 2.61. The number of rotatable bonds is 2. The van der Waals surface area contributed by atoms with Crippen LogP contribution in [0.4, 0.5) is 0 Å². The number of hydrogen-bond acceptors (Lipinski definition) is 2. The molecule has 1 fully saturated rings. The van der Waals surface area contributed by atoms with Crippen molar-refractivity contribution in [3.8, 4) is 0 Å². The molecule has 0 saturated heterocycles. The fourth-order valence-corrected chi connectivity index (χ4v) is 2.60. The van der Waals surface area contributed by atoms with E-state index in [2.05, 4.69) is 6.92 Å². The van der Waals surface area contributed by atoms with Crippen LogP contribution in [0.15, 0.2) is 11.8 Å². The predicted octanol–water partition coefficient (Wildman–Crippen LogP) is 3.08. The summed E-state index contributed by atoms with van der Waals surface area (Å²) in [5, 5.41) is 0. The molecule has 1 saturated carbocycles. The van der Waals surface area contributed by atoms with E-state index in [-0.39, 0.29) is 11.7 Å². The third-order valence-electron chi connectivity index (χ3n) is 3.49. The van der Waals surface area contributed by atoms with Crippen molar-refractivity contribution in [1.29, 1.82) is 0 Å². The van der Waals surface area contributed by atoms with Gasteiger partial charge in [0.25, 0.3) is 0 Å². The van der Waals surface area contributed by atoms with Crippen molar-refractivity contribution in [2.45, 2.75) is 45.4 Å². The van der Waals surface area contributed by atoms with Gasteiger partial charge < -0.3 is 4.74 Å². The topological polar surface area (TPSA) is 26.3 Å². The van der Waals surface area contributed by atoms with Crippen molar-refractivity contribution in [3.63, 3.8) is 0 Å². The molecule has 0 N–H and O–H groups in total. The van der Waals surface area contributed by atoms with Crippen LogP contribution < -0.4 is 0 Å². The standard InChI is InChI=1S/C13H20O2/c1-10-5-4-6-11(9-10)13(14)12-7-2-3-8-15-12/h7,10-11H,2-6,8-9H2,1H3. The SMILES string of the molecule is CC1CCCC(C(=O)C2=CCCCO2)C1. The first kappa shape index (κ1) is 10.7. The average Bonchev–Trinajstić information content (AvgIpc) is 2.29. The van der Waals surface area contributed by atoms with Gasteiger partial charge in [-0.1, -0.05) is 19.8 Å². The molecule has 2 atom stereocenters. The normalized spacial score (nSPS) is 31.7. The number of carbonyl (C=O) groups is 1. The summed E-state index contributed by atoms with van der Waals surface area (Å²) in [6, 6.07) is 0. The van der Waals surface area contributed by atoms with E-state index in [1.165, 1.54) is 12.8 Å². The first-order valence-electron chi connectivity index (χ1n) is 6.14. The molecule has 0 radical (unpaired) electrons. The summed E-state index contributed by atoms with van der Waals surface area (Å²) < 4.78 is 5.44. The molecule has 15 heavy (non-hydrogen) atoms. The Kier molecular flexibility index (Phi) is 3.45. The van der Waals surface area contributed by atoms with Crippen molar-refractivity contribution in [2.24, 2.45) is 11.8 Å². The lowest BCUT2D eigenvalue weighted by atomic mass is 9.79. The van der Waals surface area contributed by atoms with E-state index in [0.717, 1.165) is 32.3 Å². The van der Waals surface area contributed by atoms with E-state index in [4.69, 9.17) is 4.74 Å². The molecule has 0 spiro atoms. The molecule has 2 rings (SSSR count). The van der Waals surface area contributed by atoms with E-state index < -0.39 is 0 Å². The van der Waals surface area contributed by atoms with Crippen LogP contribution in [0, 0.1) is 11.8 Å². The Morgan fingerprint density at radius 3 is 2.93 bits per heavy atom. The lowest BCUT2D eigenvalue weighted by Gasteiger charge is -2.27. The van der Waals surface area contributed by atoms with E-state index in [1.54, 1.807) is 0 Å². The van der Waals surface area contributed by atoms with Crippen LogP contribution in [0.5, 0.6) is 0 Å². The van der Waals surface area contributed by atoms with E-state index in [0.29, 0.717) is 11.7 Å². The Hall–Kier alpha value is -0.790. The molecule has 1 heterocycles. The first-order valence-corrected chi connectivity index (χ1v) is 6.14. The highest BCUT2D eigenvalue weighted by Gasteiger charge is 2.28. The van der Waals surface area contributed by atoms with Crippen LogP contribution in [0.1, 0.15) is 45.4 Å². The molecule has 0 bridgehead atoms. The van der Waals surface area contributed by atoms with Gasteiger partial charge in [-0.05, 0) is 37.7 Å². The number of carbonyl (C=O) groups excluding carboxylic acids is 1. The minimum Gasteiger partial charge on any atom is -0.490 e. The number of ether oxygens (including phenoxy) is 1. The summed E-state index contributed by atoms with van der Waals surface area (Å²) in [6.07, 6.45) is 8.63. The molecule has 0 aromatic carbocycles. The first-order chi connectivity index (χ1) is 7.27. The van der Waals surface area contributed by atoms with E-state index >= 15 is 0 Å². The van der Waals surface area contributed by atoms with Gasteiger partial charge in [0, 0.05) is 5.92 Å². The highest BCUT2D eigenvalue weighted by molar-refractivity contribution is 5.95. The van der Waals surface area contributed by atoms with Crippen LogP contribution >= 0.6 is 0 Å². The molecule has 1 aliphatic heterocycles. The van der Waals surface area contributed by atoms with Gasteiger partial charge >= 0.3 is 0 Å². The minimum atomic E-state index is 0.234. The Labute approximate surface area is 91.7 Å². The largest absolute Gasteiger partial charge is 0.490 e. The zero-order valence-corrected chi connectivity index (χ0v) is 9.50. The van der Waals surface area contributed by atoms with E-state index in [1.807, 2.05) is 6.08 Å². The molecule has 2 aliphatic rings. The molecule has 2 heteroatoms. The third-order valence-corrected chi connectivity index (χ3v) is 3.49. The maximum atomic E-state index is 12.1. The molecular weight excluding hydrogens is 188 g/mol. The monoisotopic (exact) mass is 208 g/mol. The highest BCUT2D eigenvalue weighted by atomic mass is 16.5. The quantitative estimate of drug-likeness (QED) is 0.697. The Bertz CT molecular complexity index is 268. The van der Waals surface area contributed by atoms with Crippen molar-refractivity contribution in [3.05, 3.63) is 11.8 Å². The number of Topliss-reactive ketones (excluding diaryl/α,β-unsaturated/α-hetero) is 1. The summed E-state index contributed by atoms with van der Waals surface area (Å²) in [5.41, 5.74) is 0. The summed E-state index contributed by atoms with van der Waals surface area (Å²) >= 11 is 0. The van der Waals surface area contributed by atoms with Gasteiger partial charge in [-0.3, -0.25) is 4.79 Å². The Morgan fingerprint density at radius 1 is 1.40 bits per heavy atom. The van der Waals surface area contributed by atoms with Crippen molar-refractivity contribution in [1.82, 2.24) is 0 Å². The molecule has 2 nitrogen and oxygen atoms in total. The zero-order chi connectivity index (χ0) is 10.7. The molecular formula is C13H20O2. The van der Waals surface area contributed by atoms with Gasteiger partial charge in [0.2, 0.25) is 0 Å². The summed E-state index contributed by atoms with van der Waals surface area (Å²) in [5.74, 6) is 1.86. The maximum absolute atomic E-state index is 12.1. The fourth-order valence-electron chi connectivity index (χ4n) is 2.60. The summed E-state index contributed by atoms with van der Waals surface area (Å²) in [4.78, 5) is 12.1. The lowest BCUT2D eigenvalue weighted by Crippen LogP contribution is -2.25. The van der Waals surface area contributed by atoms with Gasteiger partial charge in [-0.25, -0.2) is 0 Å². The van der Waals surface area contributed by atoms with E-state index in [9.17, 15) is 4.79 Å². The van der Waals surface area contributed by atoms with Gasteiger partial charge in [-0.15, -0.1) is 0 Å². The molecule has 84 valence electrons. The predicted molar refractivity (Wildman–Crippen MR) is 59.4 cm³/mol. The summed E-state index contributed by atoms with van der Waals surface area (Å²) in [7, 11) is 0. The van der Waals surface area contributed by atoms with Crippen molar-refractivity contribution in [2.75, 3.05) is 6.61 Å². The average molecular weight is 208 g/mol. The highest BCUT2D eigenvalue weighted by Crippen LogP contribution is 2.31. The second kappa shape index (κ2) is 4.82. The lowest BCUT2D eigenvalue weighted by molar-refractivity contribution is -0.124. The second-order valence-electron chi connectivity index (χ2n) is 4.89. The summed E-state index contributed by atoms with van der Waals surface area (Å²) in [6.45, 7) is 2.97. The Balaban J connectivity index is 1.97. The van der Waals surface area contributed by atoms with Crippen molar-refractivity contribution >= 4 is 5.78 Å². The number of hydrogen-bond donors (Lipinski definition) is 0. The maximum Gasteiger partial charge on any atom is 0.200 e. The smallest absolute Gasteiger partial charge is 0.200 e. The molecule has 0 aromatic rings. The van der Waals surface area contributed by atoms with Crippen LogP contribution in [0.3, 0.4) is 0 Å². The molecule has 2 unspecified atom stereocenters. The van der Waals surface area contributed by atoms with Gasteiger partial charge in [0.15, 0.2) is 11.5 Å². The van der Waals surface area contributed by atoms with Crippen LogP contribution in [-0.4, -0.2) is 12.4 Å². The zero-order valence-electron chi connectivity index (χ0n) is 9.50. The van der Waals surface area contributed by atoms with Crippen LogP contribution in [0.25, 0.3) is 0 Å². The van der Waals surface area contributed by atoms with Crippen LogP contribution in [0.2, 0.25) is 0 Å². The number of allylic oxidation sites excluding steroid dienone is 2. The molecule has 0 aromatic heterocycles. The Morgan fingerprint density at radius 2 is 2.27 bits per heavy atom. The molecule has 1 aliphatic carbocycles. The second-order valence-corrected chi connectivity index (χ2v) is 4.89. The van der Waals surface area contributed by atoms with Crippen molar-refractivity contribution < 1.29 is 9.53 Å². The van der Waals surface area contributed by atoms with Crippen LogP contribution in [-0.2, 0) is 9.53 Å². The minimum absolute atomic E-state index is 0.234. The van der Waals surface area contributed by atoms with Gasteiger partial charge in [-0.2, -0.15) is 0 Å². The molecule has 0 amide bonds.